The van der Waals surface area contributed by atoms with E-state index in [1.807, 2.05) is 31.2 Å². The van der Waals surface area contributed by atoms with Crippen LogP contribution in [0.4, 0.5) is 5.69 Å². The van der Waals surface area contributed by atoms with Crippen LogP contribution in [0.2, 0.25) is 0 Å². The molecule has 0 atom stereocenters. The van der Waals surface area contributed by atoms with Crippen LogP contribution >= 0.6 is 0 Å². The first-order chi connectivity index (χ1) is 7.81. The van der Waals surface area contributed by atoms with Crippen molar-refractivity contribution < 1.29 is 4.79 Å². The average Bonchev–Trinajstić information content (AvgIpc) is 2.81. The zero-order valence-electron chi connectivity index (χ0n) is 9.03. The van der Waals surface area contributed by atoms with Crippen LogP contribution in [-0.2, 0) is 6.42 Å². The molecule has 4 heteroatoms. The summed E-state index contributed by atoms with van der Waals surface area (Å²) in [6, 6.07) is 7.59. The Balaban J connectivity index is 2.21. The van der Waals surface area contributed by atoms with Gasteiger partial charge < -0.3 is 5.32 Å². The summed E-state index contributed by atoms with van der Waals surface area (Å²) in [6.07, 6.45) is 4.06. The highest BCUT2D eigenvalue weighted by Gasteiger charge is 2.09. The maximum atomic E-state index is 11.9. The molecule has 0 radical (unpaired) electrons. The summed E-state index contributed by atoms with van der Waals surface area (Å²) >= 11 is 0. The maximum Gasteiger partial charge on any atom is 0.256 e. The summed E-state index contributed by atoms with van der Waals surface area (Å²) in [5, 5.41) is 9.20. The number of H-pyrrole nitrogens is 1. The van der Waals surface area contributed by atoms with Crippen molar-refractivity contribution >= 4 is 11.6 Å². The number of carbonyl (C=O) groups excluding carboxylic acids is 1. The highest BCUT2D eigenvalue weighted by molar-refractivity contribution is 6.05. The lowest BCUT2D eigenvalue weighted by molar-refractivity contribution is 0.102. The van der Waals surface area contributed by atoms with Crippen molar-refractivity contribution in [1.82, 2.24) is 10.2 Å². The molecule has 0 saturated heterocycles. The minimum atomic E-state index is -0.0983. The number of aromatic amines is 1. The number of nitrogens with zero attached hydrogens (tertiary/aromatic N) is 1. The Morgan fingerprint density at radius 3 is 2.94 bits per heavy atom. The molecule has 1 heterocycles. The van der Waals surface area contributed by atoms with E-state index >= 15 is 0 Å². The molecule has 0 aliphatic rings. The molecular weight excluding hydrogens is 202 g/mol. The van der Waals surface area contributed by atoms with Gasteiger partial charge in [-0.3, -0.25) is 9.89 Å². The number of hydrogen-bond donors (Lipinski definition) is 2. The molecule has 0 saturated carbocycles. The third kappa shape index (κ3) is 2.11. The normalized spacial score (nSPS) is 10.1. The van der Waals surface area contributed by atoms with Crippen molar-refractivity contribution in [2.24, 2.45) is 0 Å². The Bertz CT molecular complexity index is 477. The molecule has 82 valence electrons. The quantitative estimate of drug-likeness (QED) is 0.824. The number of hydrogen-bond acceptors (Lipinski definition) is 2. The molecule has 16 heavy (non-hydrogen) atoms. The lowest BCUT2D eigenvalue weighted by atomic mass is 10.0. The van der Waals surface area contributed by atoms with E-state index in [9.17, 15) is 4.79 Å². The Hall–Kier alpha value is -2.10. The van der Waals surface area contributed by atoms with Gasteiger partial charge in [0.1, 0.15) is 0 Å². The predicted octanol–water partition coefficient (Wildman–Crippen LogP) is 2.22. The molecule has 0 spiro atoms. The molecular formula is C12H13N3O. The number of benzene rings is 1. The molecule has 2 rings (SSSR count). The highest BCUT2D eigenvalue weighted by atomic mass is 16.1. The number of amides is 1. The van der Waals surface area contributed by atoms with Gasteiger partial charge in [0.25, 0.3) is 5.91 Å². The minimum Gasteiger partial charge on any atom is -0.319 e. The van der Waals surface area contributed by atoms with Crippen LogP contribution in [0.15, 0.2) is 36.7 Å². The van der Waals surface area contributed by atoms with Crippen LogP contribution in [0, 0.1) is 0 Å². The van der Waals surface area contributed by atoms with E-state index in [2.05, 4.69) is 15.5 Å². The molecule has 1 aromatic carbocycles. The molecule has 0 unspecified atom stereocenters. The molecule has 0 bridgehead atoms. The Morgan fingerprint density at radius 2 is 2.25 bits per heavy atom. The molecule has 0 aliphatic heterocycles. The fraction of sp³-hybridized carbons (Fsp3) is 0.167. The lowest BCUT2D eigenvalue weighted by Gasteiger charge is -2.06. The topological polar surface area (TPSA) is 57.8 Å². The van der Waals surface area contributed by atoms with Crippen LogP contribution in [0.1, 0.15) is 22.8 Å². The molecule has 2 aromatic rings. The summed E-state index contributed by atoms with van der Waals surface area (Å²) in [6.45, 7) is 2.03. The van der Waals surface area contributed by atoms with Crippen LogP contribution in [-0.4, -0.2) is 16.1 Å². The Labute approximate surface area is 93.7 Å². The largest absolute Gasteiger partial charge is 0.319 e. The number of aryl methyl sites for hydroxylation is 1. The van der Waals surface area contributed by atoms with Crippen molar-refractivity contribution in [3.05, 3.63) is 47.8 Å². The van der Waals surface area contributed by atoms with E-state index in [-0.39, 0.29) is 5.91 Å². The third-order valence-corrected chi connectivity index (χ3v) is 2.40. The fourth-order valence-electron chi connectivity index (χ4n) is 1.57. The van der Waals surface area contributed by atoms with Crippen molar-refractivity contribution in [3.63, 3.8) is 0 Å². The summed E-state index contributed by atoms with van der Waals surface area (Å²) in [7, 11) is 0. The molecule has 1 aromatic heterocycles. The van der Waals surface area contributed by atoms with Crippen molar-refractivity contribution in [1.29, 1.82) is 0 Å². The van der Waals surface area contributed by atoms with Crippen LogP contribution in [0.3, 0.4) is 0 Å². The van der Waals surface area contributed by atoms with Crippen molar-refractivity contribution in [2.75, 3.05) is 5.32 Å². The van der Waals surface area contributed by atoms with Crippen LogP contribution in [0.25, 0.3) is 0 Å². The van der Waals surface area contributed by atoms with Gasteiger partial charge in [-0.25, -0.2) is 0 Å². The second-order valence-corrected chi connectivity index (χ2v) is 3.45. The zero-order chi connectivity index (χ0) is 11.4. The Kier molecular flexibility index (Phi) is 3.00. The Morgan fingerprint density at radius 1 is 1.44 bits per heavy atom. The van der Waals surface area contributed by atoms with Gasteiger partial charge in [0.2, 0.25) is 0 Å². The standard InChI is InChI=1S/C12H13N3O/c1-2-9-5-3-4-6-11(9)12(16)15-10-7-13-14-8-10/h3-8H,2H2,1H3,(H,13,14)(H,15,16). The number of rotatable bonds is 3. The lowest BCUT2D eigenvalue weighted by Crippen LogP contribution is -2.13. The second kappa shape index (κ2) is 4.61. The van der Waals surface area contributed by atoms with Gasteiger partial charge >= 0.3 is 0 Å². The summed E-state index contributed by atoms with van der Waals surface area (Å²) in [5.41, 5.74) is 2.44. The van der Waals surface area contributed by atoms with E-state index < -0.39 is 0 Å². The van der Waals surface area contributed by atoms with Gasteiger partial charge in [0.15, 0.2) is 0 Å². The maximum absolute atomic E-state index is 11.9. The van der Waals surface area contributed by atoms with Crippen molar-refractivity contribution in [3.8, 4) is 0 Å². The van der Waals surface area contributed by atoms with Gasteiger partial charge in [-0.05, 0) is 18.1 Å². The molecule has 0 aliphatic carbocycles. The smallest absolute Gasteiger partial charge is 0.256 e. The third-order valence-electron chi connectivity index (χ3n) is 2.40. The van der Waals surface area contributed by atoms with E-state index in [4.69, 9.17) is 0 Å². The number of nitrogens with one attached hydrogen (secondary N) is 2. The number of carbonyl (C=O) groups is 1. The van der Waals surface area contributed by atoms with E-state index in [1.165, 1.54) is 0 Å². The summed E-state index contributed by atoms with van der Waals surface area (Å²) < 4.78 is 0. The predicted molar refractivity (Wildman–Crippen MR) is 62.4 cm³/mol. The van der Waals surface area contributed by atoms with Gasteiger partial charge in [-0.1, -0.05) is 25.1 Å². The number of aromatic nitrogens is 2. The van der Waals surface area contributed by atoms with Gasteiger partial charge in [0.05, 0.1) is 11.9 Å². The molecule has 2 N–H and O–H groups in total. The van der Waals surface area contributed by atoms with E-state index in [0.29, 0.717) is 11.3 Å². The first-order valence-electron chi connectivity index (χ1n) is 5.19. The van der Waals surface area contributed by atoms with Gasteiger partial charge in [-0.2, -0.15) is 5.10 Å². The van der Waals surface area contributed by atoms with Crippen LogP contribution < -0.4 is 5.32 Å². The highest BCUT2D eigenvalue weighted by Crippen LogP contribution is 2.12. The van der Waals surface area contributed by atoms with E-state index in [1.54, 1.807) is 12.4 Å². The monoisotopic (exact) mass is 215 g/mol. The van der Waals surface area contributed by atoms with Gasteiger partial charge in [0, 0.05) is 11.8 Å². The number of anilines is 1. The summed E-state index contributed by atoms with van der Waals surface area (Å²) in [5.74, 6) is -0.0983. The van der Waals surface area contributed by atoms with Gasteiger partial charge in [-0.15, -0.1) is 0 Å². The average molecular weight is 215 g/mol. The van der Waals surface area contributed by atoms with Crippen molar-refractivity contribution in [2.45, 2.75) is 13.3 Å². The minimum absolute atomic E-state index is 0.0983. The van der Waals surface area contributed by atoms with Crippen LogP contribution in [0.5, 0.6) is 0 Å². The molecule has 1 amide bonds. The zero-order valence-corrected chi connectivity index (χ0v) is 9.03. The second-order valence-electron chi connectivity index (χ2n) is 3.45. The first kappa shape index (κ1) is 10.4. The fourth-order valence-corrected chi connectivity index (χ4v) is 1.57. The van der Waals surface area contributed by atoms with E-state index in [0.717, 1.165) is 12.0 Å². The summed E-state index contributed by atoms with van der Waals surface area (Å²) in [4.78, 5) is 11.9. The first-order valence-corrected chi connectivity index (χ1v) is 5.19. The SMILES string of the molecule is CCc1ccccc1C(=O)Nc1cn[nH]c1. The molecule has 4 nitrogen and oxygen atoms in total. The molecule has 0 fully saturated rings.